The molecule has 7 rings (SSSR count). The van der Waals surface area contributed by atoms with E-state index in [4.69, 9.17) is 4.74 Å². The maximum Gasteiger partial charge on any atom is 0.278 e. The van der Waals surface area contributed by atoms with E-state index in [1.165, 1.54) is 6.92 Å². The standard InChI is InChI=1S/C22H19FN6O3/c1-22-19(30)24-8-7-12-3-2-4-13(9-12)27-21-25-11-15(23)18(29-21)26-14-5-6-17(32-22)16(10-14)28-20(22)31/h2-6,9-11H,7-8H2,1H3,(H,24,30)(H,28,31)(H2,25,26,27,29). The zero-order chi connectivity index (χ0) is 22.3. The Labute approximate surface area is 182 Å². The number of anilines is 5. The first-order valence-corrected chi connectivity index (χ1v) is 9.99. The van der Waals surface area contributed by atoms with E-state index in [-0.39, 0.29) is 11.8 Å². The van der Waals surface area contributed by atoms with E-state index in [9.17, 15) is 14.0 Å². The number of aromatic nitrogens is 2. The van der Waals surface area contributed by atoms with E-state index in [2.05, 4.69) is 31.2 Å². The molecule has 10 heteroatoms. The molecule has 4 aliphatic heterocycles. The van der Waals surface area contributed by atoms with Gasteiger partial charge in [0.25, 0.3) is 17.4 Å². The molecule has 32 heavy (non-hydrogen) atoms. The van der Waals surface area contributed by atoms with Crippen LogP contribution in [0.25, 0.3) is 0 Å². The van der Waals surface area contributed by atoms with Crippen molar-refractivity contribution >= 4 is 40.6 Å². The minimum atomic E-state index is -1.72. The summed E-state index contributed by atoms with van der Waals surface area (Å²) in [5.74, 6) is -1.27. The normalized spacial score (nSPS) is 19.6. The summed E-state index contributed by atoms with van der Waals surface area (Å²) in [4.78, 5) is 33.7. The highest BCUT2D eigenvalue weighted by atomic mass is 19.1. The minimum Gasteiger partial charge on any atom is -0.466 e. The molecule has 0 fully saturated rings. The number of nitrogens with one attached hydrogen (secondary N) is 4. The predicted octanol–water partition coefficient (Wildman–Crippen LogP) is 2.86. The summed E-state index contributed by atoms with van der Waals surface area (Å²) >= 11 is 0. The lowest BCUT2D eigenvalue weighted by molar-refractivity contribution is -0.146. The molecule has 0 spiro atoms. The van der Waals surface area contributed by atoms with Gasteiger partial charge in [-0.2, -0.15) is 4.98 Å². The number of halogens is 1. The molecule has 4 N–H and O–H groups in total. The van der Waals surface area contributed by atoms with Crippen LogP contribution < -0.4 is 26.0 Å². The van der Waals surface area contributed by atoms with Gasteiger partial charge in [0.05, 0.1) is 11.9 Å². The second-order valence-electron chi connectivity index (χ2n) is 7.65. The van der Waals surface area contributed by atoms with E-state index in [0.29, 0.717) is 35.8 Å². The van der Waals surface area contributed by atoms with Crippen LogP contribution in [0.4, 0.5) is 33.2 Å². The third kappa shape index (κ3) is 3.55. The highest BCUT2D eigenvalue weighted by Gasteiger charge is 2.47. The molecule has 2 aromatic carbocycles. The Morgan fingerprint density at radius 3 is 2.75 bits per heavy atom. The molecule has 9 nitrogen and oxygen atoms in total. The van der Waals surface area contributed by atoms with Gasteiger partial charge in [-0.3, -0.25) is 9.59 Å². The predicted molar refractivity (Wildman–Crippen MR) is 116 cm³/mol. The number of benzene rings is 2. The largest absolute Gasteiger partial charge is 0.466 e. The summed E-state index contributed by atoms with van der Waals surface area (Å²) in [7, 11) is 0. The van der Waals surface area contributed by atoms with Gasteiger partial charge in [0, 0.05) is 17.9 Å². The molecule has 8 bridgehead atoms. The van der Waals surface area contributed by atoms with Crippen LogP contribution in [-0.2, 0) is 16.0 Å². The van der Waals surface area contributed by atoms with Crippen LogP contribution in [0.2, 0.25) is 0 Å². The second-order valence-corrected chi connectivity index (χ2v) is 7.65. The summed E-state index contributed by atoms with van der Waals surface area (Å²) in [6, 6.07) is 12.3. The molecule has 2 amide bonds. The molecule has 5 heterocycles. The molecule has 0 radical (unpaired) electrons. The lowest BCUT2D eigenvalue weighted by Gasteiger charge is -2.33. The Morgan fingerprint density at radius 1 is 1.03 bits per heavy atom. The zero-order valence-electron chi connectivity index (χ0n) is 17.0. The van der Waals surface area contributed by atoms with Gasteiger partial charge < -0.3 is 26.0 Å². The van der Waals surface area contributed by atoms with Crippen LogP contribution in [0.15, 0.2) is 48.7 Å². The lowest BCUT2D eigenvalue weighted by atomic mass is 10.0. The fourth-order valence-corrected chi connectivity index (χ4v) is 3.53. The first-order valence-electron chi connectivity index (χ1n) is 9.99. The molecular formula is C22H19FN6O3. The summed E-state index contributed by atoms with van der Waals surface area (Å²) in [6.07, 6.45) is 1.60. The number of rotatable bonds is 0. The zero-order valence-corrected chi connectivity index (χ0v) is 17.0. The highest BCUT2D eigenvalue weighted by molar-refractivity contribution is 6.15. The van der Waals surface area contributed by atoms with Crippen LogP contribution in [0.5, 0.6) is 5.75 Å². The van der Waals surface area contributed by atoms with Gasteiger partial charge in [0.2, 0.25) is 5.95 Å². The second kappa shape index (κ2) is 7.49. The Hall–Kier alpha value is -4.21. The van der Waals surface area contributed by atoms with Crippen LogP contribution in [0.1, 0.15) is 12.5 Å². The van der Waals surface area contributed by atoms with Gasteiger partial charge in [-0.25, -0.2) is 9.37 Å². The molecule has 1 aromatic heterocycles. The van der Waals surface area contributed by atoms with Crippen molar-refractivity contribution in [3.63, 3.8) is 0 Å². The number of carbonyl (C=O) groups is 2. The van der Waals surface area contributed by atoms with Gasteiger partial charge >= 0.3 is 0 Å². The number of ether oxygens (including phenoxy) is 1. The SMILES string of the molecule is CC12Oc3ccc(cc3NC1=O)Nc1nc(ncc1F)Nc1cccc(c1)CCNC2=O. The number of fused-ring (bicyclic) bond motifs is 2. The minimum absolute atomic E-state index is 0.0352. The molecule has 0 aliphatic carbocycles. The Balaban J connectivity index is 1.57. The molecule has 1 atom stereocenters. The summed E-state index contributed by atoms with van der Waals surface area (Å²) < 4.78 is 20.1. The van der Waals surface area contributed by atoms with Gasteiger partial charge in [-0.15, -0.1) is 0 Å². The van der Waals surface area contributed by atoms with E-state index < -0.39 is 23.2 Å². The summed E-state index contributed by atoms with van der Waals surface area (Å²) in [5, 5.41) is 11.4. The van der Waals surface area contributed by atoms with E-state index in [1.54, 1.807) is 18.2 Å². The van der Waals surface area contributed by atoms with E-state index in [1.807, 2.05) is 24.3 Å². The van der Waals surface area contributed by atoms with Crippen molar-refractivity contribution in [3.05, 3.63) is 60.0 Å². The summed E-state index contributed by atoms with van der Waals surface area (Å²) in [6.45, 7) is 1.73. The van der Waals surface area contributed by atoms with Gasteiger partial charge in [-0.1, -0.05) is 12.1 Å². The van der Waals surface area contributed by atoms with Gasteiger partial charge in [0.1, 0.15) is 5.75 Å². The van der Waals surface area contributed by atoms with Crippen molar-refractivity contribution in [2.24, 2.45) is 0 Å². The van der Waals surface area contributed by atoms with Crippen LogP contribution in [0.3, 0.4) is 0 Å². The Kier molecular flexibility index (Phi) is 4.62. The lowest BCUT2D eigenvalue weighted by Crippen LogP contribution is -2.58. The molecule has 0 saturated heterocycles. The first kappa shape index (κ1) is 19.7. The monoisotopic (exact) mass is 434 g/mol. The van der Waals surface area contributed by atoms with Crippen molar-refractivity contribution in [2.45, 2.75) is 18.9 Å². The van der Waals surface area contributed by atoms with E-state index in [0.717, 1.165) is 11.8 Å². The number of hydrogen-bond donors (Lipinski definition) is 4. The average molecular weight is 434 g/mol. The maximum absolute atomic E-state index is 14.4. The highest BCUT2D eigenvalue weighted by Crippen LogP contribution is 2.36. The topological polar surface area (TPSA) is 117 Å². The Bertz CT molecular complexity index is 1250. The van der Waals surface area contributed by atoms with Crippen LogP contribution >= 0.6 is 0 Å². The fourth-order valence-electron chi connectivity index (χ4n) is 3.53. The van der Waals surface area contributed by atoms with E-state index >= 15 is 0 Å². The maximum atomic E-state index is 14.4. The molecule has 1 unspecified atom stereocenters. The first-order chi connectivity index (χ1) is 15.4. The average Bonchev–Trinajstić information content (AvgIpc) is 2.77. The van der Waals surface area contributed by atoms with Crippen molar-refractivity contribution in [1.29, 1.82) is 0 Å². The number of carbonyl (C=O) groups excluding carboxylic acids is 2. The van der Waals surface area contributed by atoms with Crippen molar-refractivity contribution in [3.8, 4) is 5.75 Å². The molecular weight excluding hydrogens is 415 g/mol. The van der Waals surface area contributed by atoms with Crippen LogP contribution in [0, 0.1) is 5.82 Å². The van der Waals surface area contributed by atoms with Crippen molar-refractivity contribution < 1.29 is 18.7 Å². The smallest absolute Gasteiger partial charge is 0.278 e. The van der Waals surface area contributed by atoms with Gasteiger partial charge in [0.15, 0.2) is 11.6 Å². The summed E-state index contributed by atoms with van der Waals surface area (Å²) in [5.41, 5.74) is 0.757. The fraction of sp³-hybridized carbons (Fsp3) is 0.182. The Morgan fingerprint density at radius 2 is 1.88 bits per heavy atom. The molecule has 162 valence electrons. The van der Waals surface area contributed by atoms with Gasteiger partial charge in [-0.05, 0) is 49.2 Å². The number of amides is 2. The number of hydrogen-bond acceptors (Lipinski definition) is 7. The van der Waals surface area contributed by atoms with Crippen molar-refractivity contribution in [1.82, 2.24) is 15.3 Å². The molecule has 3 aromatic rings. The molecule has 4 aliphatic rings. The third-order valence-corrected chi connectivity index (χ3v) is 5.30. The third-order valence-electron chi connectivity index (χ3n) is 5.30. The quantitative estimate of drug-likeness (QED) is 0.402. The number of nitrogens with zero attached hydrogens (tertiary/aromatic N) is 2. The van der Waals surface area contributed by atoms with Crippen molar-refractivity contribution in [2.75, 3.05) is 22.5 Å². The molecule has 0 saturated carbocycles. The van der Waals surface area contributed by atoms with Crippen LogP contribution in [-0.4, -0.2) is 33.9 Å².